The number of benzene rings is 4. The molecule has 4 aliphatic heterocycles. The zero-order valence-electron chi connectivity index (χ0n) is 37.0. The van der Waals surface area contributed by atoms with Crippen LogP contribution in [0.3, 0.4) is 0 Å². The van der Waals surface area contributed by atoms with Crippen molar-refractivity contribution in [1.29, 1.82) is 0 Å². The van der Waals surface area contributed by atoms with E-state index in [9.17, 15) is 42.3 Å². The SMILES string of the molecule is O=C(O)COc1c(C(=O)O)sc(-c2cccc(N[C@@H]3CCN(S(=O)(=O)Cc4cccc(NC(=O)N5CCC(c6ccc7c8c(cccc68)C(=O)N7C6CCC(=O)NC6=O)CC5)c4)C4(CC4)C3)c2)c1Cl. The maximum atomic E-state index is 14.1. The number of piperidine rings is 3. The number of nitrogens with one attached hydrogen (secondary N) is 3. The normalized spacial score (nSPS) is 20.3. The van der Waals surface area contributed by atoms with Crippen LogP contribution < -0.4 is 25.6 Å². The highest BCUT2D eigenvalue weighted by Gasteiger charge is 2.55. The fourth-order valence-electron chi connectivity index (χ4n) is 10.5. The van der Waals surface area contributed by atoms with Crippen LogP contribution in [-0.2, 0) is 30.2 Å². The van der Waals surface area contributed by atoms with E-state index < -0.39 is 46.1 Å². The average Bonchev–Trinajstić information content (AvgIpc) is 3.89. The first-order chi connectivity index (χ1) is 33.1. The van der Waals surface area contributed by atoms with Crippen LogP contribution in [0.25, 0.3) is 21.2 Å². The van der Waals surface area contributed by atoms with E-state index in [1.807, 2.05) is 36.4 Å². The van der Waals surface area contributed by atoms with Crippen LogP contribution in [0.4, 0.5) is 21.9 Å². The minimum absolute atomic E-state index is 0.00660. The van der Waals surface area contributed by atoms with E-state index >= 15 is 0 Å². The lowest BCUT2D eigenvalue weighted by molar-refractivity contribution is -0.139. The molecule has 1 aliphatic carbocycles. The van der Waals surface area contributed by atoms with Gasteiger partial charge in [0, 0.05) is 60.0 Å². The fraction of sp³-hybridized carbons (Fsp3) is 0.347. The molecule has 69 heavy (non-hydrogen) atoms. The van der Waals surface area contributed by atoms with E-state index in [2.05, 4.69) is 16.0 Å². The van der Waals surface area contributed by atoms with Crippen molar-refractivity contribution >= 4 is 96.5 Å². The standard InChI is InChI=1S/C49H47ClN6O11S2/c50-41-42(67-25-39(58)59)44(47(62)63)68-43(41)29-5-2-7-31(23-29)51-32-16-21-55(49(24-32)17-18-49)69(65,66)26-27-4-1-6-30(22-27)52-48(64)54-19-14-28(15-20-54)33-10-11-36-40-34(33)8-3-9-35(40)46(61)56(36)37-12-13-38(57)53-45(37)60/h1-11,22-23,28,32,37,51H,12-21,24-26H2,(H,52,64)(H,58,59)(H,62,63)(H,53,57,60)/t32-,37?/m1/s1. The van der Waals surface area contributed by atoms with Crippen LogP contribution in [0, 0.1) is 0 Å². The van der Waals surface area contributed by atoms with Gasteiger partial charge < -0.3 is 30.5 Å². The summed E-state index contributed by atoms with van der Waals surface area (Å²) < 4.78 is 35.1. The van der Waals surface area contributed by atoms with E-state index in [1.165, 1.54) is 4.90 Å². The molecule has 2 atom stereocenters. The maximum Gasteiger partial charge on any atom is 0.349 e. The smallest absolute Gasteiger partial charge is 0.349 e. The molecular formula is C49H47ClN6O11S2. The Morgan fingerprint density at radius 1 is 0.899 bits per heavy atom. The zero-order chi connectivity index (χ0) is 48.4. The van der Waals surface area contributed by atoms with Crippen LogP contribution in [0.15, 0.2) is 78.9 Å². The second-order valence-electron chi connectivity index (χ2n) is 18.3. The molecule has 1 unspecified atom stereocenters. The second-order valence-corrected chi connectivity index (χ2v) is 21.6. The second kappa shape index (κ2) is 18.1. The highest BCUT2D eigenvalue weighted by atomic mass is 35.5. The molecule has 4 aromatic carbocycles. The van der Waals surface area contributed by atoms with Gasteiger partial charge in [0.15, 0.2) is 17.2 Å². The fourth-order valence-corrected chi connectivity index (χ4v) is 13.9. The number of aliphatic carboxylic acids is 1. The predicted octanol–water partition coefficient (Wildman–Crippen LogP) is 7.50. The number of carbonyl (C=O) groups excluding carboxylic acids is 4. The minimum Gasteiger partial charge on any atom is -0.479 e. The number of nitrogens with zero attached hydrogens (tertiary/aromatic N) is 3. The summed E-state index contributed by atoms with van der Waals surface area (Å²) >= 11 is 7.42. The highest BCUT2D eigenvalue weighted by Crippen LogP contribution is 2.51. The number of urea groups is 1. The Hall–Kier alpha value is -6.54. The van der Waals surface area contributed by atoms with Gasteiger partial charge in [-0.15, -0.1) is 11.3 Å². The Bertz CT molecular complexity index is 3090. The van der Waals surface area contributed by atoms with Crippen molar-refractivity contribution < 1.29 is 52.1 Å². The van der Waals surface area contributed by atoms with Gasteiger partial charge in [-0.3, -0.25) is 24.6 Å². The molecule has 5 amide bonds. The molecule has 5 heterocycles. The molecule has 5 N–H and O–H groups in total. The van der Waals surface area contributed by atoms with Crippen molar-refractivity contribution in [3.05, 3.63) is 105 Å². The molecule has 1 aromatic heterocycles. The summed E-state index contributed by atoms with van der Waals surface area (Å²) in [6.07, 6.45) is 4.37. The summed E-state index contributed by atoms with van der Waals surface area (Å²) in [5.41, 5.74) is 4.13. The van der Waals surface area contributed by atoms with E-state index in [-0.39, 0.29) is 64.0 Å². The van der Waals surface area contributed by atoms with Gasteiger partial charge in [0.2, 0.25) is 21.8 Å². The third-order valence-electron chi connectivity index (χ3n) is 13.9. The lowest BCUT2D eigenvalue weighted by atomic mass is 9.85. The number of amides is 5. The molecule has 17 nitrogen and oxygen atoms in total. The number of anilines is 3. The van der Waals surface area contributed by atoms with Gasteiger partial charge in [-0.25, -0.2) is 22.8 Å². The number of carboxylic acids is 2. The number of rotatable bonds is 13. The highest BCUT2D eigenvalue weighted by molar-refractivity contribution is 7.88. The van der Waals surface area contributed by atoms with Crippen LogP contribution in [-0.4, -0.2) is 107 Å². The molecule has 20 heteroatoms. The van der Waals surface area contributed by atoms with Gasteiger partial charge in [-0.1, -0.05) is 54.1 Å². The Morgan fingerprint density at radius 3 is 2.39 bits per heavy atom. The van der Waals surface area contributed by atoms with Crippen molar-refractivity contribution in [3.8, 4) is 16.2 Å². The lowest BCUT2D eigenvalue weighted by Gasteiger charge is -2.39. The Balaban J connectivity index is 0.750. The molecule has 5 aliphatic rings. The van der Waals surface area contributed by atoms with E-state index in [4.69, 9.17) is 21.4 Å². The largest absolute Gasteiger partial charge is 0.479 e. The zero-order valence-corrected chi connectivity index (χ0v) is 39.4. The lowest BCUT2D eigenvalue weighted by Crippen LogP contribution is -2.53. The third-order valence-corrected chi connectivity index (χ3v) is 17.5. The topological polar surface area (TPSA) is 232 Å². The first kappa shape index (κ1) is 46.2. The number of ether oxygens (including phenoxy) is 1. The van der Waals surface area contributed by atoms with E-state index in [0.29, 0.717) is 78.3 Å². The van der Waals surface area contributed by atoms with Gasteiger partial charge in [0.05, 0.1) is 16.3 Å². The molecule has 5 aromatic rings. The first-order valence-corrected chi connectivity index (χ1v) is 25.5. The summed E-state index contributed by atoms with van der Waals surface area (Å²) in [6, 6.07) is 22.6. The summed E-state index contributed by atoms with van der Waals surface area (Å²) in [6.45, 7) is 0.532. The quantitative estimate of drug-likeness (QED) is 0.0722. The van der Waals surface area contributed by atoms with Crippen molar-refractivity contribution in [3.63, 3.8) is 0 Å². The summed E-state index contributed by atoms with van der Waals surface area (Å²) in [7, 11) is -3.76. The van der Waals surface area contributed by atoms with Crippen molar-refractivity contribution in [2.24, 2.45) is 0 Å². The number of hydrogen-bond acceptors (Lipinski definition) is 11. The molecule has 1 saturated carbocycles. The molecule has 358 valence electrons. The van der Waals surface area contributed by atoms with Gasteiger partial charge in [-0.05, 0) is 109 Å². The molecule has 10 rings (SSSR count). The van der Waals surface area contributed by atoms with Gasteiger partial charge in [-0.2, -0.15) is 4.31 Å². The Kier molecular flexibility index (Phi) is 12.1. The average molecular weight is 996 g/mol. The first-order valence-electron chi connectivity index (χ1n) is 22.7. The summed E-state index contributed by atoms with van der Waals surface area (Å²) in [4.78, 5) is 78.4. The molecule has 1 spiro atoms. The van der Waals surface area contributed by atoms with Crippen molar-refractivity contribution in [2.45, 2.75) is 80.7 Å². The third kappa shape index (κ3) is 8.88. The Morgan fingerprint density at radius 2 is 1.65 bits per heavy atom. The monoisotopic (exact) mass is 994 g/mol. The summed E-state index contributed by atoms with van der Waals surface area (Å²) in [5.74, 6) is -3.95. The number of carbonyl (C=O) groups is 6. The van der Waals surface area contributed by atoms with Crippen LogP contribution >= 0.6 is 22.9 Å². The number of halogens is 1. The predicted molar refractivity (Wildman–Crippen MR) is 259 cm³/mol. The van der Waals surface area contributed by atoms with Gasteiger partial charge >= 0.3 is 18.0 Å². The van der Waals surface area contributed by atoms with Crippen molar-refractivity contribution in [1.82, 2.24) is 14.5 Å². The van der Waals surface area contributed by atoms with E-state index in [0.717, 1.165) is 46.2 Å². The number of sulfonamides is 1. The molecular weight excluding hydrogens is 948 g/mol. The van der Waals surface area contributed by atoms with Crippen LogP contribution in [0.1, 0.15) is 88.4 Å². The number of likely N-dealkylation sites (tertiary alicyclic amines) is 1. The minimum atomic E-state index is -3.76. The Labute approximate surface area is 405 Å². The van der Waals surface area contributed by atoms with Gasteiger partial charge in [0.1, 0.15) is 11.1 Å². The molecule has 0 radical (unpaired) electrons. The van der Waals surface area contributed by atoms with E-state index in [1.54, 1.807) is 51.7 Å². The number of hydrogen-bond donors (Lipinski definition) is 5. The van der Waals surface area contributed by atoms with Crippen LogP contribution in [0.2, 0.25) is 5.02 Å². The number of imide groups is 1. The number of aromatic carboxylic acids is 1. The number of thiophene rings is 1. The molecule has 0 bridgehead atoms. The maximum absolute atomic E-state index is 14.1. The number of carboxylic acid groups (broad SMARTS) is 2. The molecule has 3 saturated heterocycles. The van der Waals surface area contributed by atoms with Crippen molar-refractivity contribution in [2.75, 3.05) is 41.8 Å². The van der Waals surface area contributed by atoms with Crippen LogP contribution in [0.5, 0.6) is 5.75 Å². The van der Waals surface area contributed by atoms with Gasteiger partial charge in [0.25, 0.3) is 5.91 Å². The summed E-state index contributed by atoms with van der Waals surface area (Å²) in [5, 5.41) is 29.4. The molecule has 4 fully saturated rings.